The third kappa shape index (κ3) is 3.69. The van der Waals surface area contributed by atoms with Gasteiger partial charge < -0.3 is 0 Å². The third-order valence-corrected chi connectivity index (χ3v) is 3.11. The fourth-order valence-electron chi connectivity index (χ4n) is 2.35. The molecule has 0 aliphatic carbocycles. The number of halogens is 1. The number of nitrogens with zero attached hydrogens (tertiary/aromatic N) is 2. The zero-order valence-electron chi connectivity index (χ0n) is 11.7. The number of aryl methyl sites for hydroxylation is 2. The van der Waals surface area contributed by atoms with Gasteiger partial charge in [0, 0.05) is 6.07 Å². The number of pyridine rings is 1. The first kappa shape index (κ1) is 15.7. The van der Waals surface area contributed by atoms with E-state index in [1.165, 1.54) is 22.2 Å². The van der Waals surface area contributed by atoms with Crippen LogP contribution in [0.1, 0.15) is 12.5 Å². The van der Waals surface area contributed by atoms with E-state index in [2.05, 4.69) is 65.4 Å². The van der Waals surface area contributed by atoms with Gasteiger partial charge in [-0.2, -0.15) is 4.40 Å². The van der Waals surface area contributed by atoms with Gasteiger partial charge in [-0.3, -0.25) is 0 Å². The average molecular weight is 311 g/mol. The summed E-state index contributed by atoms with van der Waals surface area (Å²) in [5.41, 5.74) is 5.15. The Morgan fingerprint density at radius 3 is 2.33 bits per heavy atom. The highest BCUT2D eigenvalue weighted by Gasteiger charge is 2.16. The Bertz CT molecular complexity index is 759. The lowest BCUT2D eigenvalue weighted by Gasteiger charge is -2.17. The van der Waals surface area contributed by atoms with Gasteiger partial charge in [0.05, 0.1) is 12.7 Å². The fraction of sp³-hybridized carbons (Fsp3) is 0.214. The van der Waals surface area contributed by atoms with Gasteiger partial charge in [-0.05, 0) is 37.6 Å². The van der Waals surface area contributed by atoms with E-state index in [-0.39, 0.29) is 0 Å². The molecule has 0 unspecified atom stereocenters. The second-order valence-corrected chi connectivity index (χ2v) is 5.30. The van der Waals surface area contributed by atoms with Crippen LogP contribution in [0.4, 0.5) is 0 Å². The molecule has 0 aliphatic heterocycles. The first-order valence-electron chi connectivity index (χ1n) is 6.32. The summed E-state index contributed by atoms with van der Waals surface area (Å²) in [4.78, 5) is 0. The summed E-state index contributed by atoms with van der Waals surface area (Å²) in [5, 5.41) is 0. The monoisotopic (exact) mass is 310 g/mol. The first-order chi connectivity index (χ1) is 9.81. The average Bonchev–Trinajstić information content (AvgIpc) is 2.69. The smallest absolute Gasteiger partial charge is 0.223 e. The third-order valence-electron chi connectivity index (χ3n) is 3.11. The van der Waals surface area contributed by atoms with E-state index in [4.69, 9.17) is 18.6 Å². The molecule has 0 saturated carbocycles. The van der Waals surface area contributed by atoms with E-state index in [0.717, 1.165) is 6.54 Å². The van der Waals surface area contributed by atoms with Crippen LogP contribution in [0.5, 0.6) is 0 Å². The van der Waals surface area contributed by atoms with Crippen LogP contribution in [-0.2, 0) is 6.54 Å². The van der Waals surface area contributed by atoms with E-state index in [0.29, 0.717) is 0 Å². The van der Waals surface area contributed by atoms with E-state index >= 15 is 0 Å². The van der Waals surface area contributed by atoms with Crippen molar-refractivity contribution in [2.24, 2.45) is 0 Å². The lowest BCUT2D eigenvalue weighted by atomic mass is 10.3. The molecule has 0 bridgehead atoms. The predicted molar refractivity (Wildman–Crippen MR) is 65.5 cm³/mol. The molecule has 0 amide bonds. The lowest BCUT2D eigenvalue weighted by molar-refractivity contribution is -2.00. The second kappa shape index (κ2) is 5.97. The molecule has 0 fully saturated rings. The summed E-state index contributed by atoms with van der Waals surface area (Å²) < 4.78 is 38.6. The van der Waals surface area contributed by atoms with Crippen molar-refractivity contribution in [2.45, 2.75) is 20.4 Å². The Kier molecular flexibility index (Phi) is 4.46. The van der Waals surface area contributed by atoms with Crippen molar-refractivity contribution in [1.29, 1.82) is 0 Å². The molecule has 3 rings (SSSR count). The quantitative estimate of drug-likeness (QED) is 0.483. The number of imidazole rings is 1. The SMILES string of the molecule is CC[n+]1c2ccccc2n2ccc(C)cc21.[O-][Cl+3]([O-])([O-])[O-]. The van der Waals surface area contributed by atoms with E-state index in [9.17, 15) is 0 Å². The predicted octanol–water partition coefficient (Wildman–Crippen LogP) is -2.05. The largest absolute Gasteiger partial charge is 0.287 e. The summed E-state index contributed by atoms with van der Waals surface area (Å²) in [5.74, 6) is 0. The molecule has 112 valence electrons. The Labute approximate surface area is 123 Å². The van der Waals surface area contributed by atoms with Gasteiger partial charge in [0.25, 0.3) is 5.65 Å². The standard InChI is InChI=1S/C14H15N2.ClHO4/c1-3-15-12-6-4-5-7-13(12)16-9-8-11(2)10-14(15)16;2-1(3,4)5/h4-10H,3H2,1-2H3;(H,2,3,4,5)/q+1;/p-1. The van der Waals surface area contributed by atoms with E-state index < -0.39 is 10.2 Å². The highest BCUT2D eigenvalue weighted by atomic mass is 35.7. The molecule has 7 heteroatoms. The maximum absolute atomic E-state index is 8.49. The van der Waals surface area contributed by atoms with Crippen molar-refractivity contribution >= 4 is 16.7 Å². The van der Waals surface area contributed by atoms with Gasteiger partial charge in [-0.15, -0.1) is 10.2 Å². The van der Waals surface area contributed by atoms with Crippen molar-refractivity contribution < 1.29 is 33.4 Å². The van der Waals surface area contributed by atoms with Crippen molar-refractivity contribution in [3.63, 3.8) is 0 Å². The highest BCUT2D eigenvalue weighted by Crippen LogP contribution is 2.15. The van der Waals surface area contributed by atoms with Crippen molar-refractivity contribution in [1.82, 2.24) is 4.40 Å². The number of rotatable bonds is 1. The molecular formula is C14H15ClN2O4. The van der Waals surface area contributed by atoms with Gasteiger partial charge in [0.2, 0.25) is 0 Å². The topological polar surface area (TPSA) is 101 Å². The zero-order chi connectivity index (χ0) is 15.6. The minimum absolute atomic E-state index is 1.00. The van der Waals surface area contributed by atoms with Gasteiger partial charge in [0.15, 0.2) is 11.0 Å². The van der Waals surface area contributed by atoms with Crippen LogP contribution in [-0.4, -0.2) is 4.40 Å². The molecule has 6 nitrogen and oxygen atoms in total. The van der Waals surface area contributed by atoms with Crippen LogP contribution in [0.25, 0.3) is 16.7 Å². The minimum atomic E-state index is -4.94. The number of aromatic nitrogens is 2. The summed E-state index contributed by atoms with van der Waals surface area (Å²) >= 11 is 0. The molecule has 1 aromatic carbocycles. The number of fused-ring (bicyclic) bond motifs is 3. The van der Waals surface area contributed by atoms with Crippen LogP contribution in [0, 0.1) is 17.2 Å². The number of para-hydroxylation sites is 2. The van der Waals surface area contributed by atoms with Gasteiger partial charge >= 0.3 is 0 Å². The Balaban J connectivity index is 0.000000282. The zero-order valence-corrected chi connectivity index (χ0v) is 12.4. The molecule has 2 aromatic heterocycles. The van der Waals surface area contributed by atoms with Crippen molar-refractivity contribution in [3.8, 4) is 0 Å². The summed E-state index contributed by atoms with van der Waals surface area (Å²) in [6.07, 6.45) is 2.15. The lowest BCUT2D eigenvalue weighted by Crippen LogP contribution is -2.68. The molecule has 0 atom stereocenters. The van der Waals surface area contributed by atoms with Gasteiger partial charge in [0.1, 0.15) is 0 Å². The van der Waals surface area contributed by atoms with E-state index in [1.54, 1.807) is 0 Å². The molecule has 2 heterocycles. The van der Waals surface area contributed by atoms with Crippen LogP contribution in [0.15, 0.2) is 42.6 Å². The van der Waals surface area contributed by atoms with Crippen LogP contribution < -0.4 is 23.2 Å². The molecular weight excluding hydrogens is 296 g/mol. The molecule has 0 aliphatic rings. The van der Waals surface area contributed by atoms with Gasteiger partial charge in [-0.25, -0.2) is 23.2 Å². The second-order valence-electron chi connectivity index (χ2n) is 4.54. The minimum Gasteiger partial charge on any atom is -0.223 e. The Morgan fingerprint density at radius 1 is 1.10 bits per heavy atom. The molecule has 0 saturated heterocycles. The molecule has 0 spiro atoms. The molecule has 21 heavy (non-hydrogen) atoms. The van der Waals surface area contributed by atoms with E-state index in [1.807, 2.05) is 0 Å². The fourth-order valence-corrected chi connectivity index (χ4v) is 2.35. The Hall–Kier alpha value is -1.70. The first-order valence-corrected chi connectivity index (χ1v) is 7.55. The number of benzene rings is 1. The number of hydrogen-bond donors (Lipinski definition) is 0. The highest BCUT2D eigenvalue weighted by molar-refractivity contribution is 5.75. The van der Waals surface area contributed by atoms with Crippen molar-refractivity contribution in [3.05, 3.63) is 48.2 Å². The maximum Gasteiger partial charge on any atom is 0.287 e. The number of hydrogen-bond acceptors (Lipinski definition) is 4. The molecule has 0 radical (unpaired) electrons. The molecule has 3 aromatic rings. The maximum atomic E-state index is 8.49. The van der Waals surface area contributed by atoms with Gasteiger partial charge in [-0.1, -0.05) is 12.1 Å². The van der Waals surface area contributed by atoms with Crippen molar-refractivity contribution in [2.75, 3.05) is 0 Å². The summed E-state index contributed by atoms with van der Waals surface area (Å²) in [6, 6.07) is 12.9. The summed E-state index contributed by atoms with van der Waals surface area (Å²) in [7, 11) is -4.94. The molecule has 0 N–H and O–H groups in total. The summed E-state index contributed by atoms with van der Waals surface area (Å²) in [6.45, 7) is 5.33. The van der Waals surface area contributed by atoms with Crippen LogP contribution >= 0.6 is 0 Å². The van der Waals surface area contributed by atoms with Crippen LogP contribution in [0.2, 0.25) is 0 Å². The van der Waals surface area contributed by atoms with Crippen LogP contribution in [0.3, 0.4) is 0 Å². The normalized spacial score (nSPS) is 11.5. The Morgan fingerprint density at radius 2 is 1.71 bits per heavy atom.